The summed E-state index contributed by atoms with van der Waals surface area (Å²) in [5, 5.41) is 14.6. The molecule has 140 valence electrons. The van der Waals surface area contributed by atoms with Gasteiger partial charge in [-0.25, -0.2) is 13.6 Å². The highest BCUT2D eigenvalue weighted by atomic mass is 32.2. The maximum Gasteiger partial charge on any atom is 0.276 e. The first-order valence-electron chi connectivity index (χ1n) is 7.56. The Balaban J connectivity index is 1.80. The maximum absolute atomic E-state index is 12.1. The van der Waals surface area contributed by atoms with Crippen molar-refractivity contribution in [1.29, 1.82) is 0 Å². The van der Waals surface area contributed by atoms with Gasteiger partial charge in [0.05, 0.1) is 18.5 Å². The number of hydrogen-bond donors (Lipinski definition) is 4. The van der Waals surface area contributed by atoms with E-state index in [1.54, 1.807) is 24.3 Å². The number of anilines is 2. The Labute approximate surface area is 160 Å². The van der Waals surface area contributed by atoms with Gasteiger partial charge in [0.15, 0.2) is 10.8 Å². The molecular weight excluding hydrogens is 390 g/mol. The minimum atomic E-state index is -3.93. The van der Waals surface area contributed by atoms with E-state index in [4.69, 9.17) is 22.1 Å². The highest BCUT2D eigenvalue weighted by molar-refractivity contribution is 7.89. The number of methoxy groups -OCH3 is 1. The minimum absolute atomic E-state index is 0.0113. The molecule has 0 aromatic heterocycles. The van der Waals surface area contributed by atoms with Crippen LogP contribution in [0.4, 0.5) is 11.4 Å². The summed E-state index contributed by atoms with van der Waals surface area (Å²) < 4.78 is 28.4. The van der Waals surface area contributed by atoms with E-state index in [0.29, 0.717) is 17.0 Å². The number of nitrogens with one attached hydrogen (secondary N) is 3. The summed E-state index contributed by atoms with van der Waals surface area (Å²) >= 11 is 5.12. The quantitative estimate of drug-likeness (QED) is 0.440. The second-order valence-corrected chi connectivity index (χ2v) is 7.37. The second kappa shape index (κ2) is 7.31. The van der Waals surface area contributed by atoms with Gasteiger partial charge in [-0.1, -0.05) is 12.1 Å². The number of sulfonamides is 1. The van der Waals surface area contributed by atoms with Crippen LogP contribution in [0, 0.1) is 0 Å². The number of carbonyl (C=O) groups excluding carboxylic acids is 1. The van der Waals surface area contributed by atoms with E-state index in [9.17, 15) is 13.2 Å². The van der Waals surface area contributed by atoms with E-state index < -0.39 is 15.9 Å². The lowest BCUT2D eigenvalue weighted by molar-refractivity contribution is -0.110. The van der Waals surface area contributed by atoms with Gasteiger partial charge >= 0.3 is 0 Å². The Kier molecular flexibility index (Phi) is 5.08. The molecule has 0 spiro atoms. The molecule has 0 aliphatic carbocycles. The van der Waals surface area contributed by atoms with Crippen LogP contribution in [0.2, 0.25) is 0 Å². The van der Waals surface area contributed by atoms with Crippen LogP contribution in [0.3, 0.4) is 0 Å². The Bertz CT molecular complexity index is 1070. The van der Waals surface area contributed by atoms with E-state index in [0.717, 1.165) is 0 Å². The van der Waals surface area contributed by atoms with Crippen molar-refractivity contribution < 1.29 is 17.9 Å². The van der Waals surface area contributed by atoms with Crippen LogP contribution in [0.1, 0.15) is 5.56 Å². The molecule has 0 saturated heterocycles. The first-order valence-corrected chi connectivity index (χ1v) is 9.51. The number of thiocarbonyl (C=S) groups is 1. The molecule has 27 heavy (non-hydrogen) atoms. The standard InChI is InChI=1S/C16H15N5O4S2/c1-25-9-6-7-11-10(8-9)14(15(22)18-11)20-21-16(26)19-12-4-2-3-5-13(12)27(17,23)24/h2-8H,1H3,(H2,17,23,24)(H,18,20,22)(H2,19,21,26). The Morgan fingerprint density at radius 2 is 2.00 bits per heavy atom. The summed E-state index contributed by atoms with van der Waals surface area (Å²) in [4.78, 5) is 12.0. The molecular formula is C16H15N5O4S2. The number of rotatable bonds is 4. The average molecular weight is 405 g/mol. The van der Waals surface area contributed by atoms with Crippen LogP contribution in [0.25, 0.3) is 0 Å². The van der Waals surface area contributed by atoms with Crippen LogP contribution in [-0.2, 0) is 14.8 Å². The van der Waals surface area contributed by atoms with Crippen molar-refractivity contribution in [2.45, 2.75) is 4.90 Å². The van der Waals surface area contributed by atoms with Gasteiger partial charge in [-0.2, -0.15) is 5.10 Å². The Morgan fingerprint density at radius 1 is 1.26 bits per heavy atom. The second-order valence-electron chi connectivity index (χ2n) is 5.43. The fraction of sp³-hybridized carbons (Fsp3) is 0.0625. The summed E-state index contributed by atoms with van der Waals surface area (Å²) in [6, 6.07) is 11.1. The van der Waals surface area contributed by atoms with Crippen LogP contribution in [-0.4, -0.2) is 32.3 Å². The van der Waals surface area contributed by atoms with Crippen LogP contribution in [0.5, 0.6) is 5.75 Å². The highest BCUT2D eigenvalue weighted by Gasteiger charge is 2.26. The predicted octanol–water partition coefficient (Wildman–Crippen LogP) is 0.985. The van der Waals surface area contributed by atoms with Gasteiger partial charge in [-0.3, -0.25) is 10.2 Å². The Hall–Kier alpha value is -3.02. The van der Waals surface area contributed by atoms with Crippen LogP contribution >= 0.6 is 12.2 Å². The highest BCUT2D eigenvalue weighted by Crippen LogP contribution is 2.27. The number of nitrogens with zero attached hydrogens (tertiary/aromatic N) is 1. The van der Waals surface area contributed by atoms with Gasteiger partial charge in [0.1, 0.15) is 10.6 Å². The van der Waals surface area contributed by atoms with E-state index >= 15 is 0 Å². The van der Waals surface area contributed by atoms with E-state index in [2.05, 4.69) is 21.2 Å². The lowest BCUT2D eigenvalue weighted by Gasteiger charge is -2.11. The van der Waals surface area contributed by atoms with Gasteiger partial charge in [-0.15, -0.1) is 0 Å². The molecule has 0 fully saturated rings. The number of ether oxygens (including phenoxy) is 1. The van der Waals surface area contributed by atoms with Gasteiger partial charge in [0, 0.05) is 5.56 Å². The van der Waals surface area contributed by atoms with Gasteiger partial charge < -0.3 is 15.4 Å². The monoisotopic (exact) mass is 405 g/mol. The molecule has 0 bridgehead atoms. The zero-order valence-electron chi connectivity index (χ0n) is 14.0. The summed E-state index contributed by atoms with van der Waals surface area (Å²) in [5.74, 6) is 0.166. The predicted molar refractivity (Wildman–Crippen MR) is 105 cm³/mol. The number of carbonyl (C=O) groups is 1. The first kappa shape index (κ1) is 18.8. The van der Waals surface area contributed by atoms with Crippen LogP contribution in [0.15, 0.2) is 52.5 Å². The van der Waals surface area contributed by atoms with Gasteiger partial charge in [0.2, 0.25) is 10.0 Å². The molecule has 5 N–H and O–H groups in total. The number of fused-ring (bicyclic) bond motifs is 1. The summed E-state index contributed by atoms with van der Waals surface area (Å²) in [7, 11) is -2.41. The molecule has 1 heterocycles. The van der Waals surface area contributed by atoms with Crippen molar-refractivity contribution in [3.8, 4) is 5.75 Å². The molecule has 1 aliphatic rings. The molecule has 2 aromatic rings. The molecule has 1 aliphatic heterocycles. The molecule has 3 rings (SSSR count). The average Bonchev–Trinajstić information content (AvgIpc) is 2.93. The molecule has 0 radical (unpaired) electrons. The zero-order valence-corrected chi connectivity index (χ0v) is 15.6. The van der Waals surface area contributed by atoms with Gasteiger partial charge in [-0.05, 0) is 42.5 Å². The third kappa shape index (κ3) is 4.05. The van der Waals surface area contributed by atoms with Crippen molar-refractivity contribution >= 4 is 50.3 Å². The number of primary sulfonamides is 1. The zero-order chi connectivity index (χ0) is 19.6. The largest absolute Gasteiger partial charge is 0.497 e. The van der Waals surface area contributed by atoms with Crippen molar-refractivity contribution in [2.24, 2.45) is 10.2 Å². The van der Waals surface area contributed by atoms with E-state index in [-0.39, 0.29) is 21.4 Å². The van der Waals surface area contributed by atoms with Crippen molar-refractivity contribution in [3.05, 3.63) is 48.0 Å². The topological polar surface area (TPSA) is 135 Å². The smallest absolute Gasteiger partial charge is 0.276 e. The molecule has 9 nitrogen and oxygen atoms in total. The molecule has 1 amide bonds. The Morgan fingerprint density at radius 3 is 2.70 bits per heavy atom. The SMILES string of the molecule is COc1ccc2c(c1)C(=NNC(=S)Nc1ccccc1S(N)(=O)=O)C(=O)N2. The molecule has 0 atom stereocenters. The lowest BCUT2D eigenvalue weighted by atomic mass is 10.1. The number of hydrogen-bond acceptors (Lipinski definition) is 6. The number of benzene rings is 2. The summed E-state index contributed by atoms with van der Waals surface area (Å²) in [6.45, 7) is 0. The number of para-hydroxylation sites is 1. The van der Waals surface area contributed by atoms with Gasteiger partial charge in [0.25, 0.3) is 5.91 Å². The van der Waals surface area contributed by atoms with E-state index in [1.807, 2.05) is 0 Å². The normalized spacial score (nSPS) is 14.4. The number of amides is 1. The number of hydrazone groups is 1. The fourth-order valence-corrected chi connectivity index (χ4v) is 3.29. The third-order valence-electron chi connectivity index (χ3n) is 3.66. The van der Waals surface area contributed by atoms with Crippen molar-refractivity contribution in [2.75, 3.05) is 17.7 Å². The van der Waals surface area contributed by atoms with Crippen molar-refractivity contribution in [3.63, 3.8) is 0 Å². The molecule has 2 aromatic carbocycles. The minimum Gasteiger partial charge on any atom is -0.497 e. The summed E-state index contributed by atoms with van der Waals surface area (Å²) in [6.07, 6.45) is 0. The maximum atomic E-state index is 12.1. The summed E-state index contributed by atoms with van der Waals surface area (Å²) in [5.41, 5.74) is 3.99. The molecule has 11 heteroatoms. The number of nitrogens with two attached hydrogens (primary N) is 1. The third-order valence-corrected chi connectivity index (χ3v) is 4.82. The fourth-order valence-electron chi connectivity index (χ4n) is 2.45. The van der Waals surface area contributed by atoms with Crippen molar-refractivity contribution in [1.82, 2.24) is 5.43 Å². The molecule has 0 saturated carbocycles. The van der Waals surface area contributed by atoms with Crippen LogP contribution < -0.4 is 25.9 Å². The van der Waals surface area contributed by atoms with E-state index in [1.165, 1.54) is 25.3 Å². The lowest BCUT2D eigenvalue weighted by Crippen LogP contribution is -2.28. The molecule has 0 unspecified atom stereocenters. The first-order chi connectivity index (χ1) is 12.8.